The Morgan fingerprint density at radius 2 is 1.86 bits per heavy atom. The van der Waals surface area contributed by atoms with E-state index in [0.717, 1.165) is 53.3 Å². The van der Waals surface area contributed by atoms with E-state index in [1.807, 2.05) is 24.4 Å². The first-order valence-corrected chi connectivity index (χ1v) is 12.2. The molecule has 5 nitrogen and oxygen atoms in total. The molecule has 1 saturated carbocycles. The van der Waals surface area contributed by atoms with Crippen LogP contribution < -0.4 is 9.47 Å². The summed E-state index contributed by atoms with van der Waals surface area (Å²) in [4.78, 5) is 16.0. The summed E-state index contributed by atoms with van der Waals surface area (Å²) in [6, 6.07) is 8.96. The van der Waals surface area contributed by atoms with E-state index < -0.39 is 17.7 Å². The van der Waals surface area contributed by atoms with Crippen molar-refractivity contribution in [1.82, 2.24) is 4.98 Å². The van der Waals surface area contributed by atoms with Gasteiger partial charge in [0.1, 0.15) is 11.5 Å². The van der Waals surface area contributed by atoms with Crippen LogP contribution in [0.1, 0.15) is 46.9 Å². The van der Waals surface area contributed by atoms with Gasteiger partial charge in [0.05, 0.1) is 30.0 Å². The number of hydrogen-bond donors (Lipinski definition) is 0. The molecule has 0 N–H and O–H groups in total. The number of methoxy groups -OCH3 is 1. The summed E-state index contributed by atoms with van der Waals surface area (Å²) in [5.74, 6) is 1.50. The first kappa shape index (κ1) is 25.0. The van der Waals surface area contributed by atoms with E-state index >= 15 is 0 Å². The minimum atomic E-state index is -4.35. The third-order valence-electron chi connectivity index (χ3n) is 5.75. The maximum Gasteiger partial charge on any atom is 0.416 e. The van der Waals surface area contributed by atoms with Gasteiger partial charge in [-0.15, -0.1) is 11.3 Å². The zero-order valence-corrected chi connectivity index (χ0v) is 20.3. The van der Waals surface area contributed by atoms with Crippen LogP contribution in [0.2, 0.25) is 0 Å². The highest BCUT2D eigenvalue weighted by molar-refractivity contribution is 7.09. The van der Waals surface area contributed by atoms with Gasteiger partial charge < -0.3 is 14.2 Å². The molecule has 35 heavy (non-hydrogen) atoms. The number of aryl methyl sites for hydroxylation is 2. The van der Waals surface area contributed by atoms with Gasteiger partial charge in [-0.1, -0.05) is 12.1 Å². The minimum absolute atomic E-state index is 0.135. The van der Waals surface area contributed by atoms with Gasteiger partial charge in [-0.25, -0.2) is 9.78 Å². The summed E-state index contributed by atoms with van der Waals surface area (Å²) in [6.07, 6.45) is -0.684. The summed E-state index contributed by atoms with van der Waals surface area (Å²) in [5, 5.41) is 2.77. The van der Waals surface area contributed by atoms with Crippen LogP contribution in [0.4, 0.5) is 13.2 Å². The molecule has 186 valence electrons. The van der Waals surface area contributed by atoms with Crippen molar-refractivity contribution in [2.75, 3.05) is 20.3 Å². The molecule has 3 aromatic rings. The maximum atomic E-state index is 12.8. The lowest BCUT2D eigenvalue weighted by molar-refractivity contribution is -0.143. The number of thiazole rings is 1. The third-order valence-corrected chi connectivity index (χ3v) is 6.66. The number of halogens is 3. The second-order valence-electron chi connectivity index (χ2n) is 8.45. The molecule has 0 atom stereocenters. The topological polar surface area (TPSA) is 57.7 Å². The van der Waals surface area contributed by atoms with Crippen molar-refractivity contribution >= 4 is 17.3 Å². The number of ether oxygens (including phenoxy) is 3. The fraction of sp³-hybridized carbons (Fsp3) is 0.385. The molecule has 1 aliphatic rings. The molecular formula is C26H26F3NO4S. The van der Waals surface area contributed by atoms with Gasteiger partial charge in [-0.2, -0.15) is 13.2 Å². The Bertz CT molecular complexity index is 1170. The molecule has 0 bridgehead atoms. The number of esters is 1. The second kappa shape index (κ2) is 10.7. The largest absolute Gasteiger partial charge is 0.493 e. The predicted octanol–water partition coefficient (Wildman–Crippen LogP) is 6.58. The van der Waals surface area contributed by atoms with Gasteiger partial charge in [0.25, 0.3) is 0 Å². The van der Waals surface area contributed by atoms with Gasteiger partial charge in [0.15, 0.2) is 6.61 Å². The summed E-state index contributed by atoms with van der Waals surface area (Å²) in [6.45, 7) is 2.29. The van der Waals surface area contributed by atoms with Crippen molar-refractivity contribution in [3.05, 3.63) is 63.5 Å². The van der Waals surface area contributed by atoms with Crippen molar-refractivity contribution < 1.29 is 32.2 Å². The van der Waals surface area contributed by atoms with E-state index in [1.54, 1.807) is 0 Å². The number of hydrogen-bond acceptors (Lipinski definition) is 6. The Morgan fingerprint density at radius 1 is 1.11 bits per heavy atom. The molecule has 0 radical (unpaired) electrons. The predicted molar refractivity (Wildman–Crippen MR) is 127 cm³/mol. The molecule has 2 aromatic carbocycles. The Balaban J connectivity index is 1.32. The van der Waals surface area contributed by atoms with Crippen LogP contribution in [0.25, 0.3) is 11.3 Å². The van der Waals surface area contributed by atoms with Crippen LogP contribution in [-0.2, 0) is 22.1 Å². The van der Waals surface area contributed by atoms with Gasteiger partial charge in [-0.3, -0.25) is 0 Å². The van der Waals surface area contributed by atoms with Crippen molar-refractivity contribution in [3.8, 4) is 22.8 Å². The molecule has 0 aliphatic heterocycles. The van der Waals surface area contributed by atoms with E-state index in [0.29, 0.717) is 36.0 Å². The van der Waals surface area contributed by atoms with Gasteiger partial charge in [-0.05, 0) is 61.9 Å². The number of carbonyl (C=O) groups is 1. The minimum Gasteiger partial charge on any atom is -0.493 e. The molecule has 1 aromatic heterocycles. The molecule has 1 aliphatic carbocycles. The Labute approximate surface area is 205 Å². The van der Waals surface area contributed by atoms with E-state index in [4.69, 9.17) is 9.47 Å². The van der Waals surface area contributed by atoms with E-state index in [9.17, 15) is 18.0 Å². The summed E-state index contributed by atoms with van der Waals surface area (Å²) >= 11 is 1.49. The number of aromatic nitrogens is 1. The molecule has 0 saturated heterocycles. The lowest BCUT2D eigenvalue weighted by atomic mass is 10.1. The van der Waals surface area contributed by atoms with Crippen molar-refractivity contribution in [2.45, 2.75) is 44.7 Å². The molecular weight excluding hydrogens is 479 g/mol. The summed E-state index contributed by atoms with van der Waals surface area (Å²) in [5.41, 5.74) is 2.64. The number of benzene rings is 2. The molecule has 0 spiro atoms. The fourth-order valence-corrected chi connectivity index (χ4v) is 4.51. The average molecular weight is 506 g/mol. The molecule has 1 fully saturated rings. The molecule has 4 rings (SSSR count). The first-order chi connectivity index (χ1) is 16.7. The van der Waals surface area contributed by atoms with Crippen LogP contribution in [0.5, 0.6) is 11.5 Å². The standard InChI is InChI=1S/C26H26F3NO4S/c1-16-12-23(20(17-5-6-17)13-22(16)34-14-25(31)32-2)33-11-3-4-24-30-21(15-35-24)18-7-9-19(10-8-18)26(27,28)29/h7-10,12-13,15,17H,3-6,11,14H2,1-2H3. The smallest absolute Gasteiger partial charge is 0.416 e. The zero-order chi connectivity index (χ0) is 25.0. The zero-order valence-electron chi connectivity index (χ0n) is 19.5. The van der Waals surface area contributed by atoms with E-state index in [-0.39, 0.29) is 6.61 Å². The highest BCUT2D eigenvalue weighted by Gasteiger charge is 2.30. The number of rotatable bonds is 10. The number of nitrogens with zero attached hydrogens (tertiary/aromatic N) is 1. The molecule has 9 heteroatoms. The van der Waals surface area contributed by atoms with Gasteiger partial charge >= 0.3 is 12.1 Å². The highest BCUT2D eigenvalue weighted by atomic mass is 32.1. The number of carbonyl (C=O) groups excluding carboxylic acids is 1. The van der Waals surface area contributed by atoms with Crippen LogP contribution in [0, 0.1) is 6.92 Å². The van der Waals surface area contributed by atoms with E-state index in [1.165, 1.54) is 30.6 Å². The van der Waals surface area contributed by atoms with Crippen molar-refractivity contribution in [3.63, 3.8) is 0 Å². The number of alkyl halides is 3. The van der Waals surface area contributed by atoms with Gasteiger partial charge in [0.2, 0.25) is 0 Å². The monoisotopic (exact) mass is 505 g/mol. The van der Waals surface area contributed by atoms with Gasteiger partial charge in [0, 0.05) is 22.9 Å². The Morgan fingerprint density at radius 3 is 2.51 bits per heavy atom. The maximum absolute atomic E-state index is 12.8. The quantitative estimate of drug-likeness (QED) is 0.230. The Hall–Kier alpha value is -3.07. The normalized spacial score (nSPS) is 13.5. The first-order valence-electron chi connectivity index (χ1n) is 11.3. The molecule has 1 heterocycles. The average Bonchev–Trinajstić information content (AvgIpc) is 3.57. The third kappa shape index (κ3) is 6.54. The summed E-state index contributed by atoms with van der Waals surface area (Å²) in [7, 11) is 1.33. The highest BCUT2D eigenvalue weighted by Crippen LogP contribution is 2.46. The summed E-state index contributed by atoms with van der Waals surface area (Å²) < 4.78 is 54.6. The lowest BCUT2D eigenvalue weighted by Crippen LogP contribution is -2.13. The van der Waals surface area contributed by atoms with Crippen molar-refractivity contribution in [2.24, 2.45) is 0 Å². The molecule has 0 unspecified atom stereocenters. The van der Waals surface area contributed by atoms with Crippen LogP contribution in [-0.4, -0.2) is 31.3 Å². The molecule has 0 amide bonds. The van der Waals surface area contributed by atoms with Crippen LogP contribution in [0.3, 0.4) is 0 Å². The van der Waals surface area contributed by atoms with Crippen LogP contribution in [0.15, 0.2) is 41.8 Å². The SMILES string of the molecule is COC(=O)COc1cc(C2CC2)c(OCCCc2nc(-c3ccc(C(F)(F)F)cc3)cs2)cc1C. The lowest BCUT2D eigenvalue weighted by Gasteiger charge is -2.15. The Kier molecular flexibility index (Phi) is 7.64. The van der Waals surface area contributed by atoms with Crippen LogP contribution >= 0.6 is 11.3 Å². The second-order valence-corrected chi connectivity index (χ2v) is 9.39. The van der Waals surface area contributed by atoms with Crippen molar-refractivity contribution in [1.29, 1.82) is 0 Å². The van der Waals surface area contributed by atoms with E-state index in [2.05, 4.69) is 9.72 Å². The fourth-order valence-electron chi connectivity index (χ4n) is 3.66.